The molecule has 0 aliphatic carbocycles. The summed E-state index contributed by atoms with van der Waals surface area (Å²) in [5, 5.41) is 0. The molecule has 1 amide bonds. The van der Waals surface area contributed by atoms with Crippen LogP contribution in [0.5, 0.6) is 0 Å². The van der Waals surface area contributed by atoms with Gasteiger partial charge in [-0.2, -0.15) is 0 Å². The van der Waals surface area contributed by atoms with E-state index in [0.29, 0.717) is 13.0 Å². The molecule has 0 saturated carbocycles. The molecule has 1 aliphatic rings. The molecule has 1 aliphatic heterocycles. The van der Waals surface area contributed by atoms with E-state index in [1.54, 1.807) is 20.8 Å². The fourth-order valence-electron chi connectivity index (χ4n) is 1.76. The van der Waals surface area contributed by atoms with Gasteiger partial charge in [-0.15, -0.1) is 6.42 Å². The summed E-state index contributed by atoms with van der Waals surface area (Å²) in [6, 6.07) is -0.576. The molecular formula is C13H19NO4. The lowest BCUT2D eigenvalue weighted by Crippen LogP contribution is -2.44. The second-order valence-corrected chi connectivity index (χ2v) is 5.14. The van der Waals surface area contributed by atoms with Crippen molar-refractivity contribution in [2.45, 2.75) is 45.3 Å². The minimum absolute atomic E-state index is 0.0719. The van der Waals surface area contributed by atoms with Crippen LogP contribution in [0, 0.1) is 12.3 Å². The number of likely N-dealkylation sites (tertiary alicyclic amines) is 1. The highest BCUT2D eigenvalue weighted by molar-refractivity contribution is 5.82. The van der Waals surface area contributed by atoms with Crippen molar-refractivity contribution in [3.63, 3.8) is 0 Å². The third-order valence-electron chi connectivity index (χ3n) is 2.45. The van der Waals surface area contributed by atoms with Crippen LogP contribution in [0.15, 0.2) is 0 Å². The Labute approximate surface area is 107 Å². The number of terminal acetylenes is 1. The van der Waals surface area contributed by atoms with Crippen molar-refractivity contribution in [3.05, 3.63) is 0 Å². The first-order chi connectivity index (χ1) is 8.35. The first-order valence-corrected chi connectivity index (χ1v) is 5.95. The average Bonchev–Trinajstić information content (AvgIpc) is 2.72. The summed E-state index contributed by atoms with van der Waals surface area (Å²) >= 11 is 0. The monoisotopic (exact) mass is 253 g/mol. The molecule has 5 heteroatoms. The SMILES string of the molecule is C#CCOC(=O)[C@@H]1CCCN1C(=O)OC(C)(C)C. The summed E-state index contributed by atoms with van der Waals surface area (Å²) in [6.45, 7) is 5.79. The van der Waals surface area contributed by atoms with E-state index < -0.39 is 23.7 Å². The second-order valence-electron chi connectivity index (χ2n) is 5.14. The summed E-state index contributed by atoms with van der Waals surface area (Å²) < 4.78 is 10.1. The van der Waals surface area contributed by atoms with E-state index in [1.165, 1.54) is 4.90 Å². The maximum atomic E-state index is 11.9. The van der Waals surface area contributed by atoms with Gasteiger partial charge in [-0.3, -0.25) is 4.90 Å². The molecular weight excluding hydrogens is 234 g/mol. The van der Waals surface area contributed by atoms with Crippen LogP contribution < -0.4 is 0 Å². The molecule has 1 saturated heterocycles. The molecule has 0 aromatic heterocycles. The van der Waals surface area contributed by atoms with Gasteiger partial charge >= 0.3 is 12.1 Å². The Hall–Kier alpha value is -1.70. The molecule has 0 aromatic rings. The van der Waals surface area contributed by atoms with E-state index in [4.69, 9.17) is 15.9 Å². The predicted molar refractivity (Wildman–Crippen MR) is 65.8 cm³/mol. The van der Waals surface area contributed by atoms with Gasteiger partial charge in [0.15, 0.2) is 6.61 Å². The molecule has 1 heterocycles. The lowest BCUT2D eigenvalue weighted by molar-refractivity contribution is -0.147. The maximum absolute atomic E-state index is 11.9. The van der Waals surface area contributed by atoms with Crippen molar-refractivity contribution in [2.75, 3.05) is 13.2 Å². The lowest BCUT2D eigenvalue weighted by atomic mass is 10.2. The molecule has 0 aromatic carbocycles. The quantitative estimate of drug-likeness (QED) is 0.553. The van der Waals surface area contributed by atoms with Crippen molar-refractivity contribution < 1.29 is 19.1 Å². The highest BCUT2D eigenvalue weighted by atomic mass is 16.6. The van der Waals surface area contributed by atoms with Crippen LogP contribution >= 0.6 is 0 Å². The third-order valence-corrected chi connectivity index (χ3v) is 2.45. The molecule has 5 nitrogen and oxygen atoms in total. The minimum Gasteiger partial charge on any atom is -0.451 e. The Morgan fingerprint density at radius 3 is 2.67 bits per heavy atom. The van der Waals surface area contributed by atoms with E-state index in [9.17, 15) is 9.59 Å². The van der Waals surface area contributed by atoms with Crippen molar-refractivity contribution in [1.82, 2.24) is 4.90 Å². The first-order valence-electron chi connectivity index (χ1n) is 5.95. The van der Waals surface area contributed by atoms with Gasteiger partial charge in [0.2, 0.25) is 0 Å². The number of hydrogen-bond donors (Lipinski definition) is 0. The van der Waals surface area contributed by atoms with Crippen LogP contribution in [-0.2, 0) is 14.3 Å². The summed E-state index contributed by atoms with van der Waals surface area (Å²) in [5.74, 6) is 1.76. The van der Waals surface area contributed by atoms with Crippen LogP contribution in [0.25, 0.3) is 0 Å². The van der Waals surface area contributed by atoms with Gasteiger partial charge in [-0.25, -0.2) is 9.59 Å². The summed E-state index contributed by atoms with van der Waals surface area (Å²) in [6.07, 6.45) is 5.88. The molecule has 0 bridgehead atoms. The molecule has 1 rings (SSSR count). The number of carbonyl (C=O) groups is 2. The second kappa shape index (κ2) is 5.76. The Kier molecular flexibility index (Phi) is 4.60. The Morgan fingerprint density at radius 1 is 1.44 bits per heavy atom. The van der Waals surface area contributed by atoms with E-state index in [0.717, 1.165) is 6.42 Å². The average molecular weight is 253 g/mol. The normalized spacial score (nSPS) is 19.2. The summed E-state index contributed by atoms with van der Waals surface area (Å²) in [5.41, 5.74) is -0.576. The molecule has 18 heavy (non-hydrogen) atoms. The van der Waals surface area contributed by atoms with Gasteiger partial charge in [0, 0.05) is 6.54 Å². The number of carbonyl (C=O) groups excluding carboxylic acids is 2. The largest absolute Gasteiger partial charge is 0.451 e. The molecule has 0 spiro atoms. The van der Waals surface area contributed by atoms with E-state index in [1.807, 2.05) is 0 Å². The maximum Gasteiger partial charge on any atom is 0.411 e. The molecule has 0 radical (unpaired) electrons. The molecule has 0 N–H and O–H groups in total. The minimum atomic E-state index is -0.576. The standard InChI is InChI=1S/C13H19NO4/c1-5-9-17-11(15)10-7-6-8-14(10)12(16)18-13(2,3)4/h1,10H,6-9H2,2-4H3/t10-/m0/s1. The van der Waals surface area contributed by atoms with Crippen LogP contribution in [0.1, 0.15) is 33.6 Å². The number of rotatable bonds is 2. The number of hydrogen-bond acceptors (Lipinski definition) is 4. The summed E-state index contributed by atoms with van der Waals surface area (Å²) in [7, 11) is 0. The Morgan fingerprint density at radius 2 is 2.11 bits per heavy atom. The van der Waals surface area contributed by atoms with Crippen LogP contribution in [-0.4, -0.2) is 41.8 Å². The number of esters is 1. The third kappa shape index (κ3) is 3.95. The number of ether oxygens (including phenoxy) is 2. The fourth-order valence-corrected chi connectivity index (χ4v) is 1.76. The van der Waals surface area contributed by atoms with Gasteiger partial charge in [-0.05, 0) is 33.6 Å². The van der Waals surface area contributed by atoms with Crippen LogP contribution in [0.4, 0.5) is 4.79 Å². The fraction of sp³-hybridized carbons (Fsp3) is 0.692. The first kappa shape index (κ1) is 14.4. The van der Waals surface area contributed by atoms with Crippen molar-refractivity contribution >= 4 is 12.1 Å². The molecule has 1 atom stereocenters. The predicted octanol–water partition coefficient (Wildman–Crippen LogP) is 1.56. The van der Waals surface area contributed by atoms with Gasteiger partial charge in [0.05, 0.1) is 0 Å². The van der Waals surface area contributed by atoms with E-state index >= 15 is 0 Å². The van der Waals surface area contributed by atoms with Gasteiger partial charge in [0.25, 0.3) is 0 Å². The van der Waals surface area contributed by atoms with Crippen molar-refractivity contribution in [2.24, 2.45) is 0 Å². The number of nitrogens with zero attached hydrogens (tertiary/aromatic N) is 1. The van der Waals surface area contributed by atoms with Gasteiger partial charge < -0.3 is 9.47 Å². The van der Waals surface area contributed by atoms with E-state index in [-0.39, 0.29) is 6.61 Å². The topological polar surface area (TPSA) is 55.8 Å². The Bertz CT molecular complexity index is 364. The Balaban J connectivity index is 2.62. The highest BCUT2D eigenvalue weighted by Gasteiger charge is 2.37. The van der Waals surface area contributed by atoms with E-state index in [2.05, 4.69) is 5.92 Å². The zero-order chi connectivity index (χ0) is 13.8. The highest BCUT2D eigenvalue weighted by Crippen LogP contribution is 2.21. The smallest absolute Gasteiger partial charge is 0.411 e. The van der Waals surface area contributed by atoms with Crippen LogP contribution in [0.3, 0.4) is 0 Å². The van der Waals surface area contributed by atoms with Crippen molar-refractivity contribution in [3.8, 4) is 12.3 Å². The van der Waals surface area contributed by atoms with Crippen molar-refractivity contribution in [1.29, 1.82) is 0 Å². The number of amides is 1. The van der Waals surface area contributed by atoms with Gasteiger partial charge in [-0.1, -0.05) is 5.92 Å². The zero-order valence-electron chi connectivity index (χ0n) is 11.1. The zero-order valence-corrected chi connectivity index (χ0v) is 11.1. The summed E-state index contributed by atoms with van der Waals surface area (Å²) in [4.78, 5) is 25.0. The molecule has 100 valence electrons. The van der Waals surface area contributed by atoms with Crippen LogP contribution in [0.2, 0.25) is 0 Å². The molecule has 0 unspecified atom stereocenters. The van der Waals surface area contributed by atoms with Gasteiger partial charge in [0.1, 0.15) is 11.6 Å². The molecule has 1 fully saturated rings. The lowest BCUT2D eigenvalue weighted by Gasteiger charge is -2.27.